The highest BCUT2D eigenvalue weighted by Crippen LogP contribution is 2.20. The topological polar surface area (TPSA) is 49.4 Å². The number of hydrogen-bond donors (Lipinski definition) is 1. The van der Waals surface area contributed by atoms with Crippen molar-refractivity contribution in [3.63, 3.8) is 0 Å². The van der Waals surface area contributed by atoms with E-state index in [1.54, 1.807) is 16.7 Å². The Hall–Kier alpha value is -2.09. The minimum atomic E-state index is -0.606. The second-order valence-electron chi connectivity index (χ2n) is 8.79. The molecule has 0 spiro atoms. The number of benzene rings is 3. The average molecular weight is 632 g/mol. The molecular weight excluding hydrogens is 600 g/mol. The summed E-state index contributed by atoms with van der Waals surface area (Å²) in [5.74, 6) is 0.874. The SMILES string of the molecule is CC[C@H](C)NC(=O)[C@H](Cc1ccccc1)N(Cc1ccc(Br)cc1)C(=O)CSCc1ccc(Br)cc1. The van der Waals surface area contributed by atoms with Crippen molar-refractivity contribution in [1.29, 1.82) is 0 Å². The molecule has 0 radical (unpaired) electrons. The van der Waals surface area contributed by atoms with E-state index in [-0.39, 0.29) is 17.9 Å². The third kappa shape index (κ3) is 9.09. The zero-order chi connectivity index (χ0) is 25.9. The molecule has 0 aromatic heterocycles. The number of nitrogens with one attached hydrogen (secondary N) is 1. The first-order valence-electron chi connectivity index (χ1n) is 12.1. The lowest BCUT2D eigenvalue weighted by atomic mass is 10.0. The van der Waals surface area contributed by atoms with E-state index in [1.165, 1.54) is 0 Å². The van der Waals surface area contributed by atoms with Crippen LogP contribution in [-0.2, 0) is 28.3 Å². The highest BCUT2D eigenvalue weighted by Gasteiger charge is 2.30. The predicted molar refractivity (Wildman–Crippen MR) is 157 cm³/mol. The molecular formula is C29H32Br2N2O2S. The molecule has 0 saturated heterocycles. The van der Waals surface area contributed by atoms with Crippen molar-refractivity contribution in [3.8, 4) is 0 Å². The molecule has 2 atom stereocenters. The van der Waals surface area contributed by atoms with Gasteiger partial charge in [0.25, 0.3) is 0 Å². The van der Waals surface area contributed by atoms with Crippen molar-refractivity contribution in [2.75, 3.05) is 5.75 Å². The van der Waals surface area contributed by atoms with Crippen LogP contribution in [0.1, 0.15) is 37.0 Å². The molecule has 7 heteroatoms. The molecule has 0 fully saturated rings. The summed E-state index contributed by atoms with van der Waals surface area (Å²) in [6, 6.07) is 25.4. The van der Waals surface area contributed by atoms with Crippen molar-refractivity contribution in [2.24, 2.45) is 0 Å². The number of rotatable bonds is 12. The molecule has 0 aliphatic rings. The van der Waals surface area contributed by atoms with E-state index in [0.717, 1.165) is 37.8 Å². The lowest BCUT2D eigenvalue weighted by Gasteiger charge is -2.32. The molecule has 0 bridgehead atoms. The molecule has 190 valence electrons. The minimum Gasteiger partial charge on any atom is -0.352 e. The van der Waals surface area contributed by atoms with Gasteiger partial charge in [-0.05, 0) is 54.3 Å². The Bertz CT molecular complexity index is 1110. The fourth-order valence-electron chi connectivity index (χ4n) is 3.70. The normalized spacial score (nSPS) is 12.6. The van der Waals surface area contributed by atoms with Crippen LogP contribution in [0.4, 0.5) is 0 Å². The van der Waals surface area contributed by atoms with Gasteiger partial charge in [0.2, 0.25) is 11.8 Å². The van der Waals surface area contributed by atoms with Gasteiger partial charge in [-0.25, -0.2) is 0 Å². The van der Waals surface area contributed by atoms with Crippen LogP contribution in [0.15, 0.2) is 87.8 Å². The van der Waals surface area contributed by atoms with Crippen LogP contribution >= 0.6 is 43.6 Å². The molecule has 3 rings (SSSR count). The van der Waals surface area contributed by atoms with Gasteiger partial charge in [-0.1, -0.05) is 93.4 Å². The number of amides is 2. The Morgan fingerprint density at radius 2 is 1.44 bits per heavy atom. The van der Waals surface area contributed by atoms with Crippen LogP contribution in [0, 0.1) is 0 Å². The molecule has 4 nitrogen and oxygen atoms in total. The summed E-state index contributed by atoms with van der Waals surface area (Å²) in [5, 5.41) is 3.12. The fourth-order valence-corrected chi connectivity index (χ4v) is 5.10. The van der Waals surface area contributed by atoms with Crippen LogP contribution in [0.3, 0.4) is 0 Å². The van der Waals surface area contributed by atoms with Crippen LogP contribution in [0.25, 0.3) is 0 Å². The minimum absolute atomic E-state index is 0.0344. The summed E-state index contributed by atoms with van der Waals surface area (Å²) < 4.78 is 2.01. The van der Waals surface area contributed by atoms with Gasteiger partial charge >= 0.3 is 0 Å². The smallest absolute Gasteiger partial charge is 0.243 e. The van der Waals surface area contributed by atoms with Crippen molar-refractivity contribution >= 4 is 55.4 Å². The molecule has 1 N–H and O–H groups in total. The Morgan fingerprint density at radius 1 is 0.861 bits per heavy atom. The fraction of sp³-hybridized carbons (Fsp3) is 0.310. The third-order valence-electron chi connectivity index (χ3n) is 5.95. The zero-order valence-electron chi connectivity index (χ0n) is 20.6. The highest BCUT2D eigenvalue weighted by molar-refractivity contribution is 9.10. The first kappa shape index (κ1) is 28.5. The van der Waals surface area contributed by atoms with Crippen LogP contribution in [0.2, 0.25) is 0 Å². The summed E-state index contributed by atoms with van der Waals surface area (Å²) in [7, 11) is 0. The van der Waals surface area contributed by atoms with Crippen molar-refractivity contribution in [1.82, 2.24) is 10.2 Å². The molecule has 0 heterocycles. The zero-order valence-corrected chi connectivity index (χ0v) is 24.6. The summed E-state index contributed by atoms with van der Waals surface area (Å²) in [6.07, 6.45) is 1.29. The Kier molecular flexibility index (Phi) is 11.5. The van der Waals surface area contributed by atoms with Gasteiger partial charge in [0, 0.05) is 33.7 Å². The Labute approximate surface area is 235 Å². The Morgan fingerprint density at radius 3 is 2.03 bits per heavy atom. The lowest BCUT2D eigenvalue weighted by Crippen LogP contribution is -2.52. The van der Waals surface area contributed by atoms with Gasteiger partial charge in [0.05, 0.1) is 5.75 Å². The van der Waals surface area contributed by atoms with Crippen LogP contribution in [-0.4, -0.2) is 34.6 Å². The number of carbonyl (C=O) groups is 2. The lowest BCUT2D eigenvalue weighted by molar-refractivity contribution is -0.139. The van der Waals surface area contributed by atoms with E-state index in [9.17, 15) is 9.59 Å². The van der Waals surface area contributed by atoms with E-state index < -0.39 is 6.04 Å². The van der Waals surface area contributed by atoms with Gasteiger partial charge in [0.15, 0.2) is 0 Å². The van der Waals surface area contributed by atoms with E-state index in [0.29, 0.717) is 18.7 Å². The van der Waals surface area contributed by atoms with Gasteiger partial charge < -0.3 is 10.2 Å². The highest BCUT2D eigenvalue weighted by atomic mass is 79.9. The first-order chi connectivity index (χ1) is 17.4. The predicted octanol–water partition coefficient (Wildman–Crippen LogP) is 7.00. The number of nitrogens with zero attached hydrogens (tertiary/aromatic N) is 1. The van der Waals surface area contributed by atoms with Crippen LogP contribution < -0.4 is 5.32 Å². The number of hydrogen-bond acceptors (Lipinski definition) is 3. The van der Waals surface area contributed by atoms with Crippen molar-refractivity contribution in [3.05, 3.63) is 104 Å². The quantitative estimate of drug-likeness (QED) is 0.234. The van der Waals surface area contributed by atoms with Crippen molar-refractivity contribution < 1.29 is 9.59 Å². The average Bonchev–Trinajstić information content (AvgIpc) is 2.88. The Balaban J connectivity index is 1.84. The van der Waals surface area contributed by atoms with Gasteiger partial charge in [0.1, 0.15) is 6.04 Å². The second kappa shape index (κ2) is 14.6. The summed E-state index contributed by atoms with van der Waals surface area (Å²) in [5.41, 5.74) is 3.17. The van der Waals surface area contributed by atoms with Crippen LogP contribution in [0.5, 0.6) is 0 Å². The number of carbonyl (C=O) groups excluding carboxylic acids is 2. The number of halogens is 2. The van der Waals surface area contributed by atoms with Gasteiger partial charge in [-0.2, -0.15) is 0 Å². The summed E-state index contributed by atoms with van der Waals surface area (Å²) >= 11 is 8.51. The van der Waals surface area contributed by atoms with E-state index >= 15 is 0 Å². The van der Waals surface area contributed by atoms with E-state index in [1.807, 2.05) is 80.6 Å². The van der Waals surface area contributed by atoms with E-state index in [2.05, 4.69) is 49.3 Å². The molecule has 3 aromatic carbocycles. The number of thioether (sulfide) groups is 1. The molecule has 0 unspecified atom stereocenters. The third-order valence-corrected chi connectivity index (χ3v) is 7.99. The summed E-state index contributed by atoms with van der Waals surface area (Å²) in [4.78, 5) is 28.9. The summed E-state index contributed by atoms with van der Waals surface area (Å²) in [6.45, 7) is 4.41. The monoisotopic (exact) mass is 630 g/mol. The van der Waals surface area contributed by atoms with Gasteiger partial charge in [-0.15, -0.1) is 11.8 Å². The standard InChI is InChI=1S/C29H32Br2N2O2S/c1-3-21(2)32-29(35)27(17-22-7-5-4-6-8-22)33(18-23-9-13-25(30)14-10-23)28(34)20-36-19-24-11-15-26(31)16-12-24/h4-16,21,27H,3,17-20H2,1-2H3,(H,32,35)/t21-,27-/m0/s1. The molecule has 2 amide bonds. The van der Waals surface area contributed by atoms with Gasteiger partial charge in [-0.3, -0.25) is 9.59 Å². The largest absolute Gasteiger partial charge is 0.352 e. The molecule has 0 saturated carbocycles. The first-order valence-corrected chi connectivity index (χ1v) is 14.8. The maximum absolute atomic E-state index is 13.7. The molecule has 0 aliphatic heterocycles. The molecule has 36 heavy (non-hydrogen) atoms. The van der Waals surface area contributed by atoms with E-state index in [4.69, 9.17) is 0 Å². The maximum Gasteiger partial charge on any atom is 0.243 e. The second-order valence-corrected chi connectivity index (χ2v) is 11.6. The molecule has 3 aromatic rings. The molecule has 0 aliphatic carbocycles. The maximum atomic E-state index is 13.7. The van der Waals surface area contributed by atoms with Crippen molar-refractivity contribution in [2.45, 2.75) is 51.1 Å².